The van der Waals surface area contributed by atoms with Crippen molar-refractivity contribution in [3.05, 3.63) is 59.2 Å². The minimum atomic E-state index is 0.283. The third-order valence-electron chi connectivity index (χ3n) is 4.12. The van der Waals surface area contributed by atoms with Gasteiger partial charge < -0.3 is 15.2 Å². The van der Waals surface area contributed by atoms with Crippen LogP contribution in [0.3, 0.4) is 0 Å². The van der Waals surface area contributed by atoms with Crippen molar-refractivity contribution < 1.29 is 9.84 Å². The number of aryl methyl sites for hydroxylation is 1. The van der Waals surface area contributed by atoms with Gasteiger partial charge in [-0.1, -0.05) is 18.2 Å². The molecule has 3 nitrogen and oxygen atoms in total. The van der Waals surface area contributed by atoms with Gasteiger partial charge in [-0.05, 0) is 67.3 Å². The van der Waals surface area contributed by atoms with E-state index in [-0.39, 0.29) is 5.75 Å². The summed E-state index contributed by atoms with van der Waals surface area (Å²) in [5.74, 6) is 1.20. The highest BCUT2D eigenvalue weighted by atomic mass is 16.5. The second-order valence-electron chi connectivity index (χ2n) is 5.55. The lowest BCUT2D eigenvalue weighted by Gasteiger charge is -2.25. The Morgan fingerprint density at radius 1 is 1.19 bits per heavy atom. The van der Waals surface area contributed by atoms with Crippen LogP contribution in [0.15, 0.2) is 42.5 Å². The summed E-state index contributed by atoms with van der Waals surface area (Å²) in [4.78, 5) is 0. The van der Waals surface area contributed by atoms with Crippen molar-refractivity contribution in [2.75, 3.05) is 7.05 Å². The molecule has 0 saturated carbocycles. The Morgan fingerprint density at radius 2 is 2.00 bits per heavy atom. The SMILES string of the molecule is CNC1CCCc2cc(OCc3ccc(O)cc3)ccc21. The molecule has 110 valence electrons. The molecule has 3 heteroatoms. The molecule has 1 atom stereocenters. The number of nitrogens with one attached hydrogen (secondary N) is 1. The number of phenols is 1. The predicted octanol–water partition coefficient (Wildman–Crippen LogP) is 3.57. The van der Waals surface area contributed by atoms with Crippen molar-refractivity contribution in [2.24, 2.45) is 0 Å². The first-order valence-electron chi connectivity index (χ1n) is 7.47. The first-order chi connectivity index (χ1) is 10.3. The summed E-state index contributed by atoms with van der Waals surface area (Å²) in [5.41, 5.74) is 3.85. The molecule has 0 amide bonds. The van der Waals surface area contributed by atoms with Gasteiger partial charge in [-0.15, -0.1) is 0 Å². The van der Waals surface area contributed by atoms with Gasteiger partial charge in [-0.2, -0.15) is 0 Å². The summed E-state index contributed by atoms with van der Waals surface area (Å²) in [5, 5.41) is 12.7. The number of rotatable bonds is 4. The number of phenolic OH excluding ortho intramolecular Hbond substituents is 1. The third kappa shape index (κ3) is 3.19. The predicted molar refractivity (Wildman–Crippen MR) is 83.6 cm³/mol. The van der Waals surface area contributed by atoms with Gasteiger partial charge in [0.1, 0.15) is 18.1 Å². The summed E-state index contributed by atoms with van der Waals surface area (Å²) in [7, 11) is 2.02. The van der Waals surface area contributed by atoms with Gasteiger partial charge >= 0.3 is 0 Å². The van der Waals surface area contributed by atoms with E-state index in [4.69, 9.17) is 4.74 Å². The number of hydrogen-bond donors (Lipinski definition) is 2. The molecule has 1 aliphatic rings. The molecule has 0 radical (unpaired) electrons. The van der Waals surface area contributed by atoms with E-state index in [0.29, 0.717) is 12.6 Å². The first kappa shape index (κ1) is 14.0. The van der Waals surface area contributed by atoms with E-state index in [1.54, 1.807) is 12.1 Å². The lowest BCUT2D eigenvalue weighted by atomic mass is 9.87. The largest absolute Gasteiger partial charge is 0.508 e. The van der Waals surface area contributed by atoms with E-state index in [9.17, 15) is 5.11 Å². The first-order valence-corrected chi connectivity index (χ1v) is 7.47. The van der Waals surface area contributed by atoms with Gasteiger partial charge in [0.05, 0.1) is 0 Å². The topological polar surface area (TPSA) is 41.5 Å². The Kier molecular flexibility index (Phi) is 4.11. The maximum atomic E-state index is 9.28. The minimum Gasteiger partial charge on any atom is -0.508 e. The molecular formula is C18H21NO2. The van der Waals surface area contributed by atoms with Gasteiger partial charge in [-0.3, -0.25) is 0 Å². The van der Waals surface area contributed by atoms with Crippen LogP contribution < -0.4 is 10.1 Å². The van der Waals surface area contributed by atoms with Gasteiger partial charge in [0.25, 0.3) is 0 Å². The number of benzene rings is 2. The molecule has 0 heterocycles. The summed E-state index contributed by atoms with van der Waals surface area (Å²) >= 11 is 0. The van der Waals surface area contributed by atoms with Crippen LogP contribution in [-0.2, 0) is 13.0 Å². The molecule has 1 unspecified atom stereocenters. The van der Waals surface area contributed by atoms with Crippen molar-refractivity contribution in [2.45, 2.75) is 31.9 Å². The molecule has 2 aromatic rings. The van der Waals surface area contributed by atoms with Crippen LogP contribution in [-0.4, -0.2) is 12.2 Å². The van der Waals surface area contributed by atoms with Crippen molar-refractivity contribution >= 4 is 0 Å². The van der Waals surface area contributed by atoms with E-state index in [2.05, 4.69) is 23.5 Å². The van der Waals surface area contributed by atoms with Gasteiger partial charge in [-0.25, -0.2) is 0 Å². The maximum Gasteiger partial charge on any atom is 0.120 e. The van der Waals surface area contributed by atoms with E-state index >= 15 is 0 Å². The Bertz CT molecular complexity index is 607. The molecule has 3 rings (SSSR count). The lowest BCUT2D eigenvalue weighted by Crippen LogP contribution is -2.21. The fraction of sp³-hybridized carbons (Fsp3) is 0.333. The minimum absolute atomic E-state index is 0.283. The lowest BCUT2D eigenvalue weighted by molar-refractivity contribution is 0.305. The van der Waals surface area contributed by atoms with Crippen molar-refractivity contribution in [3.63, 3.8) is 0 Å². The summed E-state index contributed by atoms with van der Waals surface area (Å²) in [6, 6.07) is 14.0. The maximum absolute atomic E-state index is 9.28. The zero-order chi connectivity index (χ0) is 14.7. The van der Waals surface area contributed by atoms with Gasteiger partial charge in [0, 0.05) is 6.04 Å². The highest BCUT2D eigenvalue weighted by molar-refractivity contribution is 5.39. The zero-order valence-corrected chi connectivity index (χ0v) is 12.3. The fourth-order valence-electron chi connectivity index (χ4n) is 2.94. The van der Waals surface area contributed by atoms with E-state index < -0.39 is 0 Å². The Labute approximate surface area is 125 Å². The number of aromatic hydroxyl groups is 1. The van der Waals surface area contributed by atoms with Crippen LogP contribution in [0.4, 0.5) is 0 Å². The van der Waals surface area contributed by atoms with Crippen LogP contribution in [0.1, 0.15) is 35.6 Å². The molecule has 0 bridgehead atoms. The fourth-order valence-corrected chi connectivity index (χ4v) is 2.94. The highest BCUT2D eigenvalue weighted by Crippen LogP contribution is 2.32. The molecule has 0 fully saturated rings. The van der Waals surface area contributed by atoms with E-state index in [0.717, 1.165) is 17.7 Å². The average Bonchev–Trinajstić information content (AvgIpc) is 2.53. The molecule has 0 saturated heterocycles. The normalized spacial score (nSPS) is 17.3. The van der Waals surface area contributed by atoms with E-state index in [1.807, 2.05) is 19.2 Å². The number of ether oxygens (including phenoxy) is 1. The molecular weight excluding hydrogens is 262 g/mol. The summed E-state index contributed by atoms with van der Waals surface area (Å²) in [6.45, 7) is 0.522. The van der Waals surface area contributed by atoms with Crippen molar-refractivity contribution in [1.82, 2.24) is 5.32 Å². The average molecular weight is 283 g/mol. The Hall–Kier alpha value is -2.00. The van der Waals surface area contributed by atoms with Gasteiger partial charge in [0.2, 0.25) is 0 Å². The van der Waals surface area contributed by atoms with Crippen molar-refractivity contribution in [3.8, 4) is 11.5 Å². The van der Waals surface area contributed by atoms with Crippen LogP contribution in [0.2, 0.25) is 0 Å². The quantitative estimate of drug-likeness (QED) is 0.901. The monoisotopic (exact) mass is 283 g/mol. The highest BCUT2D eigenvalue weighted by Gasteiger charge is 2.18. The van der Waals surface area contributed by atoms with Crippen LogP contribution in [0.25, 0.3) is 0 Å². The molecule has 2 aromatic carbocycles. The summed E-state index contributed by atoms with van der Waals surface area (Å²) in [6.07, 6.45) is 3.56. The molecule has 0 aliphatic heterocycles. The van der Waals surface area contributed by atoms with Crippen LogP contribution >= 0.6 is 0 Å². The Balaban J connectivity index is 1.70. The molecule has 0 spiro atoms. The van der Waals surface area contributed by atoms with Crippen LogP contribution in [0, 0.1) is 0 Å². The Morgan fingerprint density at radius 3 is 2.76 bits per heavy atom. The standard InChI is InChI=1S/C18H21NO2/c1-19-18-4-2-3-14-11-16(9-10-17(14)18)21-12-13-5-7-15(20)8-6-13/h5-11,18-20H,2-4,12H2,1H3. The molecule has 2 N–H and O–H groups in total. The third-order valence-corrected chi connectivity index (χ3v) is 4.12. The summed E-state index contributed by atoms with van der Waals surface area (Å²) < 4.78 is 5.86. The van der Waals surface area contributed by atoms with Crippen molar-refractivity contribution in [1.29, 1.82) is 0 Å². The molecule has 1 aliphatic carbocycles. The number of fused-ring (bicyclic) bond motifs is 1. The number of hydrogen-bond acceptors (Lipinski definition) is 3. The smallest absolute Gasteiger partial charge is 0.120 e. The second kappa shape index (κ2) is 6.19. The second-order valence-corrected chi connectivity index (χ2v) is 5.55. The zero-order valence-electron chi connectivity index (χ0n) is 12.3. The van der Waals surface area contributed by atoms with Gasteiger partial charge in [0.15, 0.2) is 0 Å². The van der Waals surface area contributed by atoms with E-state index in [1.165, 1.54) is 24.0 Å². The van der Waals surface area contributed by atoms with Crippen LogP contribution in [0.5, 0.6) is 11.5 Å². The molecule has 0 aromatic heterocycles. The molecule has 21 heavy (non-hydrogen) atoms.